The van der Waals surface area contributed by atoms with Crippen LogP contribution in [0.3, 0.4) is 0 Å². The van der Waals surface area contributed by atoms with Crippen molar-refractivity contribution in [2.75, 3.05) is 20.8 Å². The number of rotatable bonds is 7. The predicted molar refractivity (Wildman–Crippen MR) is 102 cm³/mol. The Morgan fingerprint density at radius 3 is 2.58 bits per heavy atom. The molecule has 0 fully saturated rings. The second-order valence-corrected chi connectivity index (χ2v) is 6.38. The van der Waals surface area contributed by atoms with Gasteiger partial charge in [-0.2, -0.15) is 18.3 Å². The molecule has 166 valence electrons. The van der Waals surface area contributed by atoms with E-state index in [9.17, 15) is 22.8 Å². The van der Waals surface area contributed by atoms with Crippen LogP contribution in [0, 0.1) is 0 Å². The maximum atomic E-state index is 12.8. The fraction of sp³-hybridized carbons (Fsp3) is 0.333. The van der Waals surface area contributed by atoms with Gasteiger partial charge < -0.3 is 14.8 Å². The molecule has 31 heavy (non-hydrogen) atoms. The minimum atomic E-state index is -4.75. The van der Waals surface area contributed by atoms with E-state index in [-0.39, 0.29) is 18.8 Å². The van der Waals surface area contributed by atoms with Gasteiger partial charge in [-0.25, -0.2) is 9.48 Å². The number of nitrogens with one attached hydrogen (secondary N) is 2. The number of nitrogens with zero attached hydrogens (tertiary/aromatic N) is 4. The van der Waals surface area contributed by atoms with E-state index in [1.807, 2.05) is 0 Å². The summed E-state index contributed by atoms with van der Waals surface area (Å²) in [7, 11) is 3.99. The van der Waals surface area contributed by atoms with Crippen LogP contribution in [0.5, 0.6) is 11.5 Å². The van der Waals surface area contributed by atoms with Crippen molar-refractivity contribution in [1.82, 2.24) is 29.9 Å². The van der Waals surface area contributed by atoms with E-state index in [2.05, 4.69) is 20.6 Å². The van der Waals surface area contributed by atoms with E-state index in [0.717, 1.165) is 7.05 Å². The third-order valence-electron chi connectivity index (χ3n) is 4.41. The van der Waals surface area contributed by atoms with E-state index in [0.29, 0.717) is 32.0 Å². The first-order chi connectivity index (χ1) is 14.7. The molecule has 10 nitrogen and oxygen atoms in total. The average molecular weight is 440 g/mol. The van der Waals surface area contributed by atoms with Gasteiger partial charge in [0.1, 0.15) is 17.2 Å². The van der Waals surface area contributed by atoms with Gasteiger partial charge >= 0.3 is 11.9 Å². The molecule has 2 aromatic heterocycles. The van der Waals surface area contributed by atoms with Crippen molar-refractivity contribution in [2.24, 2.45) is 7.05 Å². The number of hydrogen-bond donors (Lipinski definition) is 2. The zero-order valence-corrected chi connectivity index (χ0v) is 16.8. The molecule has 0 aliphatic rings. The van der Waals surface area contributed by atoms with Gasteiger partial charge in [-0.15, -0.1) is 5.10 Å². The molecule has 1 aromatic carbocycles. The Hall–Kier alpha value is -3.77. The highest BCUT2D eigenvalue weighted by atomic mass is 19.4. The van der Waals surface area contributed by atoms with Crippen molar-refractivity contribution < 1.29 is 27.4 Å². The third-order valence-corrected chi connectivity index (χ3v) is 4.41. The smallest absolute Gasteiger partial charge is 0.451 e. The van der Waals surface area contributed by atoms with E-state index < -0.39 is 23.6 Å². The summed E-state index contributed by atoms with van der Waals surface area (Å²) in [5.74, 6) is -0.770. The summed E-state index contributed by atoms with van der Waals surface area (Å²) >= 11 is 0. The SMILES string of the molecule is COc1ccc(OC)c(-c2cc(C(=O)NCCn3nc(C(F)(F)F)n(C)c3=O)[nH]n2)c1. The van der Waals surface area contributed by atoms with Gasteiger partial charge in [0.05, 0.1) is 26.5 Å². The Morgan fingerprint density at radius 1 is 1.23 bits per heavy atom. The summed E-state index contributed by atoms with van der Waals surface area (Å²) < 4.78 is 50.0. The van der Waals surface area contributed by atoms with E-state index in [1.54, 1.807) is 18.2 Å². The number of aromatic nitrogens is 5. The highest BCUT2D eigenvalue weighted by Gasteiger charge is 2.37. The van der Waals surface area contributed by atoms with Crippen LogP contribution in [-0.2, 0) is 19.8 Å². The number of aromatic amines is 1. The predicted octanol–water partition coefficient (Wildman–Crippen LogP) is 1.44. The summed E-state index contributed by atoms with van der Waals surface area (Å²) in [6, 6.07) is 6.60. The van der Waals surface area contributed by atoms with Crippen molar-refractivity contribution >= 4 is 5.91 Å². The van der Waals surface area contributed by atoms with Crippen molar-refractivity contribution in [3.05, 3.63) is 46.3 Å². The molecule has 0 aliphatic heterocycles. The highest BCUT2D eigenvalue weighted by molar-refractivity contribution is 5.93. The maximum absolute atomic E-state index is 12.8. The molecule has 0 saturated heterocycles. The minimum Gasteiger partial charge on any atom is -0.497 e. The summed E-state index contributed by atoms with van der Waals surface area (Å²) in [5, 5.41) is 12.5. The Bertz CT molecular complexity index is 1150. The van der Waals surface area contributed by atoms with Gasteiger partial charge in [0.2, 0.25) is 5.82 Å². The monoisotopic (exact) mass is 440 g/mol. The number of benzene rings is 1. The number of amides is 1. The first-order valence-corrected chi connectivity index (χ1v) is 8.92. The van der Waals surface area contributed by atoms with E-state index in [4.69, 9.17) is 9.47 Å². The normalized spacial score (nSPS) is 11.4. The van der Waals surface area contributed by atoms with Crippen LogP contribution in [-0.4, -0.2) is 51.2 Å². The lowest BCUT2D eigenvalue weighted by Gasteiger charge is -2.08. The van der Waals surface area contributed by atoms with Crippen molar-refractivity contribution in [3.8, 4) is 22.8 Å². The number of carbonyl (C=O) groups excluding carboxylic acids is 1. The summed E-state index contributed by atoms with van der Waals surface area (Å²) in [6.45, 7) is -0.358. The fourth-order valence-electron chi connectivity index (χ4n) is 2.84. The maximum Gasteiger partial charge on any atom is 0.451 e. The molecule has 3 aromatic rings. The molecule has 0 saturated carbocycles. The third kappa shape index (κ3) is 4.54. The lowest BCUT2D eigenvalue weighted by atomic mass is 10.1. The number of halogens is 3. The molecule has 1 amide bonds. The molecule has 0 atom stereocenters. The molecule has 13 heteroatoms. The van der Waals surface area contributed by atoms with Crippen LogP contribution in [0.2, 0.25) is 0 Å². The van der Waals surface area contributed by atoms with Gasteiger partial charge in [-0.3, -0.25) is 14.5 Å². The van der Waals surface area contributed by atoms with Crippen LogP contribution >= 0.6 is 0 Å². The average Bonchev–Trinajstić information content (AvgIpc) is 3.33. The fourth-order valence-corrected chi connectivity index (χ4v) is 2.84. The first kappa shape index (κ1) is 21.9. The summed E-state index contributed by atoms with van der Waals surface area (Å²) in [6.07, 6.45) is -4.75. The molecular formula is C18H19F3N6O4. The summed E-state index contributed by atoms with van der Waals surface area (Å²) in [4.78, 5) is 24.2. The Balaban J connectivity index is 1.69. The standard InChI is InChI=1S/C18H19F3N6O4/c1-26-16(18(19,20)21)25-27(17(26)29)7-6-22-15(28)13-9-12(23-24-13)11-8-10(30-2)4-5-14(11)31-3/h4-5,8-9H,6-7H2,1-3H3,(H,22,28)(H,23,24). The molecule has 3 rings (SSSR count). The van der Waals surface area contributed by atoms with Crippen LogP contribution < -0.4 is 20.5 Å². The largest absolute Gasteiger partial charge is 0.497 e. The van der Waals surface area contributed by atoms with Gasteiger partial charge in [-0.1, -0.05) is 0 Å². The van der Waals surface area contributed by atoms with Crippen molar-refractivity contribution in [2.45, 2.75) is 12.7 Å². The molecular weight excluding hydrogens is 421 g/mol. The quantitative estimate of drug-likeness (QED) is 0.574. The molecule has 0 spiro atoms. The van der Waals surface area contributed by atoms with Crippen LogP contribution in [0.1, 0.15) is 16.3 Å². The molecule has 0 aliphatic carbocycles. The zero-order valence-electron chi connectivity index (χ0n) is 16.8. The number of ether oxygens (including phenoxy) is 2. The lowest BCUT2D eigenvalue weighted by molar-refractivity contribution is -0.147. The second kappa shape index (κ2) is 8.53. The lowest BCUT2D eigenvalue weighted by Crippen LogP contribution is -2.32. The van der Waals surface area contributed by atoms with Crippen LogP contribution in [0.15, 0.2) is 29.1 Å². The van der Waals surface area contributed by atoms with Crippen molar-refractivity contribution in [1.29, 1.82) is 0 Å². The van der Waals surface area contributed by atoms with E-state index in [1.165, 1.54) is 20.3 Å². The van der Waals surface area contributed by atoms with Gasteiger partial charge in [0, 0.05) is 19.2 Å². The number of H-pyrrole nitrogens is 1. The van der Waals surface area contributed by atoms with Crippen molar-refractivity contribution in [3.63, 3.8) is 0 Å². The Morgan fingerprint density at radius 2 is 1.97 bits per heavy atom. The zero-order chi connectivity index (χ0) is 22.8. The first-order valence-electron chi connectivity index (χ1n) is 8.92. The highest BCUT2D eigenvalue weighted by Crippen LogP contribution is 2.32. The molecule has 0 radical (unpaired) electrons. The van der Waals surface area contributed by atoms with Gasteiger partial charge in [-0.05, 0) is 24.3 Å². The summed E-state index contributed by atoms with van der Waals surface area (Å²) in [5.41, 5.74) is 0.202. The Kier molecular flexibility index (Phi) is 6.04. The molecule has 0 unspecified atom stereocenters. The Labute approximate surface area is 173 Å². The van der Waals surface area contributed by atoms with Gasteiger partial charge in [0.25, 0.3) is 5.91 Å². The van der Waals surface area contributed by atoms with Gasteiger partial charge in [0.15, 0.2) is 0 Å². The number of hydrogen-bond acceptors (Lipinski definition) is 6. The second-order valence-electron chi connectivity index (χ2n) is 6.38. The number of methoxy groups -OCH3 is 2. The molecule has 2 N–H and O–H groups in total. The minimum absolute atomic E-state index is 0.115. The van der Waals surface area contributed by atoms with E-state index >= 15 is 0 Å². The number of carbonyl (C=O) groups is 1. The number of alkyl halides is 3. The topological polar surface area (TPSA) is 116 Å². The molecule has 0 bridgehead atoms. The molecule has 2 heterocycles. The van der Waals surface area contributed by atoms with Crippen LogP contribution in [0.4, 0.5) is 13.2 Å². The van der Waals surface area contributed by atoms with Crippen LogP contribution in [0.25, 0.3) is 11.3 Å².